The number of allylic oxidation sites excluding steroid dienone is 2. The molecule has 0 radical (unpaired) electrons. The second-order valence-electron chi connectivity index (χ2n) is 7.88. The number of nitrogens with zero attached hydrogens (tertiary/aromatic N) is 2. The maximum absolute atomic E-state index is 13.6. The summed E-state index contributed by atoms with van der Waals surface area (Å²) in [6, 6.07) is 17.7. The fourth-order valence-electron chi connectivity index (χ4n) is 4.41. The summed E-state index contributed by atoms with van der Waals surface area (Å²) >= 11 is 0. The van der Waals surface area contributed by atoms with Crippen LogP contribution in [-0.4, -0.2) is 36.0 Å². The van der Waals surface area contributed by atoms with E-state index >= 15 is 0 Å². The van der Waals surface area contributed by atoms with Crippen LogP contribution in [0.15, 0.2) is 66.2 Å². The topological polar surface area (TPSA) is 53.4 Å². The Labute approximate surface area is 181 Å². The highest BCUT2D eigenvalue weighted by atomic mass is 16.5. The number of rotatable bonds is 4. The first kappa shape index (κ1) is 19.5. The van der Waals surface area contributed by atoms with Crippen molar-refractivity contribution in [1.82, 2.24) is 9.78 Å². The van der Waals surface area contributed by atoms with Crippen molar-refractivity contribution in [3.8, 4) is 17.0 Å². The summed E-state index contributed by atoms with van der Waals surface area (Å²) in [5, 5.41) is 4.83. The third kappa shape index (κ3) is 3.41. The molecule has 0 aliphatic carbocycles. The normalized spacial score (nSPS) is 16.2. The highest BCUT2D eigenvalue weighted by molar-refractivity contribution is 6.22. The zero-order valence-corrected chi connectivity index (χ0v) is 17.7. The van der Waals surface area contributed by atoms with Gasteiger partial charge in [-0.3, -0.25) is 4.79 Å². The van der Waals surface area contributed by atoms with E-state index in [0.717, 1.165) is 58.0 Å². The van der Waals surface area contributed by atoms with Crippen LogP contribution < -0.4 is 4.74 Å². The van der Waals surface area contributed by atoms with Crippen molar-refractivity contribution in [3.63, 3.8) is 0 Å². The number of methoxy groups -OCH3 is 1. The van der Waals surface area contributed by atoms with Gasteiger partial charge in [-0.2, -0.15) is 9.78 Å². The quantitative estimate of drug-likeness (QED) is 0.603. The monoisotopic (exact) mass is 412 g/mol. The van der Waals surface area contributed by atoms with Crippen LogP contribution in [0.2, 0.25) is 0 Å². The molecular weight excluding hydrogens is 388 g/mol. The first-order valence-corrected chi connectivity index (χ1v) is 10.5. The molecule has 2 aliphatic heterocycles. The first-order valence-electron chi connectivity index (χ1n) is 10.5. The molecule has 31 heavy (non-hydrogen) atoms. The van der Waals surface area contributed by atoms with Crippen LogP contribution in [0.25, 0.3) is 22.4 Å². The smallest absolute Gasteiger partial charge is 0.279 e. The second-order valence-corrected chi connectivity index (χ2v) is 7.88. The SMILES string of the molecule is COc1ccc(C2=C(C)Cc3c(C4=CCCOC4)c(-c4ccccc4)nn3C2=O)cc1. The Balaban J connectivity index is 1.65. The summed E-state index contributed by atoms with van der Waals surface area (Å²) in [5.41, 5.74) is 7.56. The maximum Gasteiger partial charge on any atom is 0.279 e. The van der Waals surface area contributed by atoms with Gasteiger partial charge in [-0.05, 0) is 36.6 Å². The second kappa shape index (κ2) is 8.00. The molecule has 5 heteroatoms. The Morgan fingerprint density at radius 1 is 1.03 bits per heavy atom. The van der Waals surface area contributed by atoms with E-state index in [9.17, 15) is 4.79 Å². The van der Waals surface area contributed by atoms with E-state index in [-0.39, 0.29) is 5.91 Å². The number of benzene rings is 2. The predicted molar refractivity (Wildman–Crippen MR) is 121 cm³/mol. The number of aromatic nitrogens is 2. The number of carbonyl (C=O) groups is 1. The van der Waals surface area contributed by atoms with Crippen LogP contribution in [0, 0.1) is 0 Å². The lowest BCUT2D eigenvalue weighted by Gasteiger charge is -2.21. The fraction of sp³-hybridized carbons (Fsp3) is 0.231. The van der Waals surface area contributed by atoms with E-state index < -0.39 is 0 Å². The van der Waals surface area contributed by atoms with Crippen LogP contribution in [-0.2, 0) is 11.2 Å². The van der Waals surface area contributed by atoms with Crippen molar-refractivity contribution in [1.29, 1.82) is 0 Å². The summed E-state index contributed by atoms with van der Waals surface area (Å²) in [6.45, 7) is 3.31. The van der Waals surface area contributed by atoms with Crippen molar-refractivity contribution >= 4 is 17.1 Å². The molecule has 0 atom stereocenters. The molecule has 156 valence electrons. The van der Waals surface area contributed by atoms with Crippen LogP contribution in [0.3, 0.4) is 0 Å². The minimum Gasteiger partial charge on any atom is -0.497 e. The molecule has 3 heterocycles. The molecule has 0 saturated carbocycles. The lowest BCUT2D eigenvalue weighted by Crippen LogP contribution is -2.23. The molecule has 3 aromatic rings. The molecule has 0 N–H and O–H groups in total. The molecule has 2 aromatic carbocycles. The van der Waals surface area contributed by atoms with Crippen LogP contribution in [0.1, 0.15) is 35.0 Å². The molecular formula is C26H24N2O3. The molecule has 0 fully saturated rings. The van der Waals surface area contributed by atoms with E-state index in [2.05, 4.69) is 6.08 Å². The minimum atomic E-state index is -0.0929. The highest BCUT2D eigenvalue weighted by Crippen LogP contribution is 2.38. The average molecular weight is 412 g/mol. The summed E-state index contributed by atoms with van der Waals surface area (Å²) in [5.74, 6) is 0.674. The Hall–Kier alpha value is -3.44. The molecule has 5 rings (SSSR count). The number of ether oxygens (including phenoxy) is 2. The summed E-state index contributed by atoms with van der Waals surface area (Å²) in [4.78, 5) is 13.6. The fourth-order valence-corrected chi connectivity index (χ4v) is 4.41. The van der Waals surface area contributed by atoms with E-state index in [1.807, 2.05) is 61.5 Å². The third-order valence-corrected chi connectivity index (χ3v) is 5.90. The van der Waals surface area contributed by atoms with Gasteiger partial charge >= 0.3 is 0 Å². The molecule has 0 bridgehead atoms. The lowest BCUT2D eigenvalue weighted by molar-refractivity contribution is 0.0958. The van der Waals surface area contributed by atoms with Gasteiger partial charge in [0.2, 0.25) is 0 Å². The molecule has 0 saturated heterocycles. The van der Waals surface area contributed by atoms with Gasteiger partial charge < -0.3 is 9.47 Å². The van der Waals surface area contributed by atoms with Crippen molar-refractivity contribution in [2.24, 2.45) is 0 Å². The summed E-state index contributed by atoms with van der Waals surface area (Å²) in [7, 11) is 1.64. The minimum absolute atomic E-state index is 0.0929. The van der Waals surface area contributed by atoms with E-state index in [0.29, 0.717) is 18.6 Å². The zero-order chi connectivity index (χ0) is 21.4. The molecule has 5 nitrogen and oxygen atoms in total. The van der Waals surface area contributed by atoms with Crippen molar-refractivity contribution in [3.05, 3.63) is 83.1 Å². The van der Waals surface area contributed by atoms with E-state index in [1.165, 1.54) is 0 Å². The van der Waals surface area contributed by atoms with Crippen molar-refractivity contribution < 1.29 is 14.3 Å². The maximum atomic E-state index is 13.6. The standard InChI is InChI=1S/C26H24N2O3/c1-17-15-22-24(20-9-6-14-31-16-20)25(19-7-4-3-5-8-19)27-28(22)26(29)23(17)18-10-12-21(30-2)13-11-18/h3-5,7-13H,6,14-16H2,1-2H3. The molecule has 0 spiro atoms. The van der Waals surface area contributed by atoms with Gasteiger partial charge in [0.15, 0.2) is 0 Å². The highest BCUT2D eigenvalue weighted by Gasteiger charge is 2.32. The average Bonchev–Trinajstić information content (AvgIpc) is 3.20. The van der Waals surface area contributed by atoms with E-state index in [1.54, 1.807) is 11.8 Å². The molecule has 0 amide bonds. The largest absolute Gasteiger partial charge is 0.497 e. The van der Waals surface area contributed by atoms with Gasteiger partial charge in [-0.15, -0.1) is 0 Å². The van der Waals surface area contributed by atoms with Crippen molar-refractivity contribution in [2.45, 2.75) is 19.8 Å². The molecule has 1 aromatic heterocycles. The van der Waals surface area contributed by atoms with Gasteiger partial charge in [0.25, 0.3) is 5.91 Å². The lowest BCUT2D eigenvalue weighted by atomic mass is 9.90. The number of hydrogen-bond acceptors (Lipinski definition) is 4. The predicted octanol–water partition coefficient (Wildman–Crippen LogP) is 5.03. The Morgan fingerprint density at radius 3 is 2.48 bits per heavy atom. The van der Waals surface area contributed by atoms with E-state index in [4.69, 9.17) is 14.6 Å². The number of hydrogen-bond donors (Lipinski definition) is 0. The number of carbonyl (C=O) groups excluding carboxylic acids is 1. The molecule has 2 aliphatic rings. The van der Waals surface area contributed by atoms with Gasteiger partial charge in [-0.1, -0.05) is 54.1 Å². The van der Waals surface area contributed by atoms with Crippen LogP contribution >= 0.6 is 0 Å². The Kier molecular flexibility index (Phi) is 5.04. The molecule has 0 unspecified atom stereocenters. The zero-order valence-electron chi connectivity index (χ0n) is 17.7. The van der Waals surface area contributed by atoms with Gasteiger partial charge in [-0.25, -0.2) is 0 Å². The Morgan fingerprint density at radius 2 is 1.81 bits per heavy atom. The third-order valence-electron chi connectivity index (χ3n) is 5.90. The van der Waals surface area contributed by atoms with Crippen LogP contribution in [0.5, 0.6) is 5.75 Å². The first-order chi connectivity index (χ1) is 15.2. The van der Waals surface area contributed by atoms with Gasteiger partial charge in [0, 0.05) is 23.1 Å². The van der Waals surface area contributed by atoms with Gasteiger partial charge in [0.1, 0.15) is 11.4 Å². The Bertz CT molecular complexity index is 1200. The van der Waals surface area contributed by atoms with Gasteiger partial charge in [0.05, 0.1) is 26.0 Å². The summed E-state index contributed by atoms with van der Waals surface area (Å²) in [6.07, 6.45) is 3.75. The number of fused-ring (bicyclic) bond motifs is 1. The van der Waals surface area contributed by atoms with Crippen LogP contribution in [0.4, 0.5) is 0 Å². The van der Waals surface area contributed by atoms with Crippen molar-refractivity contribution in [2.75, 3.05) is 20.3 Å². The summed E-state index contributed by atoms with van der Waals surface area (Å²) < 4.78 is 12.6.